The molecule has 1 aromatic heterocycles. The van der Waals surface area contributed by atoms with Crippen LogP contribution in [-0.4, -0.2) is 15.6 Å². The first-order chi connectivity index (χ1) is 8.69. The van der Waals surface area contributed by atoms with E-state index < -0.39 is 0 Å². The first kappa shape index (κ1) is 12.0. The van der Waals surface area contributed by atoms with Crippen molar-refractivity contribution in [2.75, 3.05) is 0 Å². The highest BCUT2D eigenvalue weighted by atomic mass is 35.5. The van der Waals surface area contributed by atoms with E-state index in [1.54, 1.807) is 0 Å². The average molecular weight is 264 g/mol. The van der Waals surface area contributed by atoms with Gasteiger partial charge in [0.05, 0.1) is 11.0 Å². The monoisotopic (exact) mass is 263 g/mol. The molecule has 0 spiro atoms. The van der Waals surface area contributed by atoms with Gasteiger partial charge in [0.2, 0.25) is 0 Å². The van der Waals surface area contributed by atoms with Gasteiger partial charge < -0.3 is 10.3 Å². The lowest BCUT2D eigenvalue weighted by Crippen LogP contribution is -2.15. The molecular weight excluding hydrogens is 246 g/mol. The summed E-state index contributed by atoms with van der Waals surface area (Å²) in [6.07, 6.45) is 3.31. The Kier molecular flexibility index (Phi) is 3.04. The Balaban J connectivity index is 2.10. The standard InChI is InChI=1S/C14H18ClN3/c1-2-18-13-6-4-10(15)8-12(13)17-14(18)9-3-5-11(16)7-9/h4,6,8-9,11H,2-3,5,7,16H2,1H3/t9-,11+/m1/s1. The molecule has 0 radical (unpaired) electrons. The van der Waals surface area contributed by atoms with E-state index in [4.69, 9.17) is 22.3 Å². The zero-order valence-electron chi connectivity index (χ0n) is 10.6. The van der Waals surface area contributed by atoms with E-state index >= 15 is 0 Å². The molecule has 2 atom stereocenters. The number of benzene rings is 1. The third kappa shape index (κ3) is 1.91. The van der Waals surface area contributed by atoms with Gasteiger partial charge in [-0.25, -0.2) is 4.98 Å². The van der Waals surface area contributed by atoms with E-state index in [9.17, 15) is 0 Å². The Morgan fingerprint density at radius 2 is 2.28 bits per heavy atom. The molecule has 0 saturated heterocycles. The number of aromatic nitrogens is 2. The number of hydrogen-bond acceptors (Lipinski definition) is 2. The van der Waals surface area contributed by atoms with Gasteiger partial charge in [0.25, 0.3) is 0 Å². The minimum atomic E-state index is 0.337. The summed E-state index contributed by atoms with van der Waals surface area (Å²) in [4.78, 5) is 4.78. The molecule has 2 aromatic rings. The second kappa shape index (κ2) is 4.56. The van der Waals surface area contributed by atoms with Crippen LogP contribution in [0.1, 0.15) is 37.9 Å². The molecule has 1 heterocycles. The summed E-state index contributed by atoms with van der Waals surface area (Å²) in [7, 11) is 0. The van der Waals surface area contributed by atoms with Crippen LogP contribution in [-0.2, 0) is 6.54 Å². The summed E-state index contributed by atoms with van der Waals surface area (Å²) in [5, 5.41) is 0.748. The highest BCUT2D eigenvalue weighted by Gasteiger charge is 2.27. The lowest BCUT2D eigenvalue weighted by atomic mass is 10.1. The third-order valence-electron chi connectivity index (χ3n) is 3.89. The Labute approximate surface area is 112 Å². The second-order valence-electron chi connectivity index (χ2n) is 5.12. The normalized spacial score (nSPS) is 23.9. The predicted molar refractivity (Wildman–Crippen MR) is 75.0 cm³/mol. The maximum absolute atomic E-state index is 6.04. The summed E-state index contributed by atoms with van der Waals surface area (Å²) in [5.41, 5.74) is 8.19. The van der Waals surface area contributed by atoms with Gasteiger partial charge in [0, 0.05) is 23.5 Å². The van der Waals surface area contributed by atoms with E-state index in [1.807, 2.05) is 12.1 Å². The smallest absolute Gasteiger partial charge is 0.113 e. The molecule has 18 heavy (non-hydrogen) atoms. The van der Waals surface area contributed by atoms with Crippen LogP contribution in [0.25, 0.3) is 11.0 Å². The number of nitrogens with zero attached hydrogens (tertiary/aromatic N) is 2. The molecular formula is C14H18ClN3. The minimum Gasteiger partial charge on any atom is -0.328 e. The van der Waals surface area contributed by atoms with Crippen LogP contribution in [0.2, 0.25) is 5.02 Å². The van der Waals surface area contributed by atoms with Crippen molar-refractivity contribution >= 4 is 22.6 Å². The van der Waals surface area contributed by atoms with Crippen LogP contribution in [0.3, 0.4) is 0 Å². The maximum Gasteiger partial charge on any atom is 0.113 e. The van der Waals surface area contributed by atoms with Crippen molar-refractivity contribution in [3.05, 3.63) is 29.0 Å². The Morgan fingerprint density at radius 3 is 2.94 bits per heavy atom. The summed E-state index contributed by atoms with van der Waals surface area (Å²) < 4.78 is 2.30. The fourth-order valence-corrected chi connectivity index (χ4v) is 3.18. The summed E-state index contributed by atoms with van der Waals surface area (Å²) in [5.74, 6) is 1.69. The Bertz CT molecular complexity index is 576. The summed E-state index contributed by atoms with van der Waals surface area (Å²) >= 11 is 6.04. The van der Waals surface area contributed by atoms with Crippen LogP contribution in [0, 0.1) is 0 Å². The topological polar surface area (TPSA) is 43.8 Å². The number of aryl methyl sites for hydroxylation is 1. The molecule has 4 heteroatoms. The number of imidazole rings is 1. The SMILES string of the molecule is CCn1c([C@@H]2CC[C@H](N)C2)nc2cc(Cl)ccc21. The molecule has 0 amide bonds. The van der Waals surface area contributed by atoms with Gasteiger partial charge in [0.1, 0.15) is 5.82 Å². The lowest BCUT2D eigenvalue weighted by Gasteiger charge is -2.11. The number of fused-ring (bicyclic) bond motifs is 1. The van der Waals surface area contributed by atoms with Crippen LogP contribution in [0.4, 0.5) is 0 Å². The van der Waals surface area contributed by atoms with Crippen molar-refractivity contribution in [1.82, 2.24) is 9.55 Å². The highest BCUT2D eigenvalue weighted by Crippen LogP contribution is 2.35. The zero-order chi connectivity index (χ0) is 12.7. The Morgan fingerprint density at radius 1 is 1.44 bits per heavy atom. The van der Waals surface area contributed by atoms with Crippen molar-refractivity contribution in [2.24, 2.45) is 5.73 Å². The molecule has 0 aliphatic heterocycles. The fourth-order valence-electron chi connectivity index (χ4n) is 3.02. The first-order valence-electron chi connectivity index (χ1n) is 6.60. The van der Waals surface area contributed by atoms with E-state index in [1.165, 1.54) is 11.3 Å². The maximum atomic E-state index is 6.04. The van der Waals surface area contributed by atoms with Crippen LogP contribution in [0.15, 0.2) is 18.2 Å². The molecule has 1 fully saturated rings. The number of nitrogens with two attached hydrogens (primary N) is 1. The van der Waals surface area contributed by atoms with Crippen molar-refractivity contribution in [1.29, 1.82) is 0 Å². The average Bonchev–Trinajstić information content (AvgIpc) is 2.91. The molecule has 3 nitrogen and oxygen atoms in total. The quantitative estimate of drug-likeness (QED) is 0.903. The summed E-state index contributed by atoms with van der Waals surface area (Å²) in [6.45, 7) is 3.10. The van der Waals surface area contributed by atoms with Crippen molar-refractivity contribution < 1.29 is 0 Å². The van der Waals surface area contributed by atoms with Gasteiger partial charge >= 0.3 is 0 Å². The van der Waals surface area contributed by atoms with Gasteiger partial charge in [0.15, 0.2) is 0 Å². The molecule has 1 aliphatic rings. The van der Waals surface area contributed by atoms with Crippen molar-refractivity contribution in [3.8, 4) is 0 Å². The highest BCUT2D eigenvalue weighted by molar-refractivity contribution is 6.31. The molecule has 0 unspecified atom stereocenters. The van der Waals surface area contributed by atoms with Crippen LogP contribution < -0.4 is 5.73 Å². The lowest BCUT2D eigenvalue weighted by molar-refractivity contribution is 0.598. The predicted octanol–water partition coefficient (Wildman–Crippen LogP) is 3.30. The molecule has 2 N–H and O–H groups in total. The fraction of sp³-hybridized carbons (Fsp3) is 0.500. The van der Waals surface area contributed by atoms with E-state index in [-0.39, 0.29) is 0 Å². The minimum absolute atomic E-state index is 0.337. The van der Waals surface area contributed by atoms with Crippen LogP contribution in [0.5, 0.6) is 0 Å². The second-order valence-corrected chi connectivity index (χ2v) is 5.55. The molecule has 3 rings (SSSR count). The Hall–Kier alpha value is -1.06. The van der Waals surface area contributed by atoms with Gasteiger partial charge in [-0.2, -0.15) is 0 Å². The number of hydrogen-bond donors (Lipinski definition) is 1. The van der Waals surface area contributed by atoms with E-state index in [0.717, 1.165) is 36.3 Å². The molecule has 96 valence electrons. The van der Waals surface area contributed by atoms with Gasteiger partial charge in [-0.3, -0.25) is 0 Å². The zero-order valence-corrected chi connectivity index (χ0v) is 11.3. The third-order valence-corrected chi connectivity index (χ3v) is 4.13. The van der Waals surface area contributed by atoms with Crippen molar-refractivity contribution in [3.63, 3.8) is 0 Å². The summed E-state index contributed by atoms with van der Waals surface area (Å²) in [6, 6.07) is 6.28. The molecule has 1 saturated carbocycles. The van der Waals surface area contributed by atoms with Gasteiger partial charge in [-0.15, -0.1) is 0 Å². The van der Waals surface area contributed by atoms with E-state index in [2.05, 4.69) is 17.6 Å². The van der Waals surface area contributed by atoms with Crippen molar-refractivity contribution in [2.45, 2.75) is 44.7 Å². The van der Waals surface area contributed by atoms with Gasteiger partial charge in [-0.05, 0) is 44.4 Å². The number of rotatable bonds is 2. The molecule has 1 aliphatic carbocycles. The van der Waals surface area contributed by atoms with Gasteiger partial charge in [-0.1, -0.05) is 11.6 Å². The number of halogens is 1. The van der Waals surface area contributed by atoms with E-state index in [0.29, 0.717) is 12.0 Å². The molecule has 1 aromatic carbocycles. The largest absolute Gasteiger partial charge is 0.328 e. The van der Waals surface area contributed by atoms with Crippen LogP contribution >= 0.6 is 11.6 Å². The molecule has 0 bridgehead atoms. The first-order valence-corrected chi connectivity index (χ1v) is 6.98.